The van der Waals surface area contributed by atoms with E-state index >= 15 is 0 Å². The highest BCUT2D eigenvalue weighted by molar-refractivity contribution is 7.99. The third kappa shape index (κ3) is 2.87. The number of nitrogens with zero attached hydrogens (tertiary/aromatic N) is 1. The quantitative estimate of drug-likeness (QED) is 0.917. The SMILES string of the molecule is COc1cc2c(cc1OC)CN(C1CNCC1SC)CC2. The highest BCUT2D eigenvalue weighted by Gasteiger charge is 2.33. The third-order valence-corrected chi connectivity index (χ3v) is 5.73. The Morgan fingerprint density at radius 2 is 1.86 bits per heavy atom. The Balaban J connectivity index is 1.81. The van der Waals surface area contributed by atoms with Crippen molar-refractivity contribution in [3.8, 4) is 11.5 Å². The molecule has 1 aromatic carbocycles. The second-order valence-electron chi connectivity index (χ2n) is 5.70. The molecule has 1 N–H and O–H groups in total. The third-order valence-electron chi connectivity index (χ3n) is 4.65. The van der Waals surface area contributed by atoms with Gasteiger partial charge in [-0.25, -0.2) is 0 Å². The van der Waals surface area contributed by atoms with Gasteiger partial charge >= 0.3 is 0 Å². The van der Waals surface area contributed by atoms with Gasteiger partial charge in [0.2, 0.25) is 0 Å². The van der Waals surface area contributed by atoms with Crippen LogP contribution in [0.1, 0.15) is 11.1 Å². The predicted octanol–water partition coefficient (Wildman–Crippen LogP) is 1.77. The number of ether oxygens (including phenoxy) is 2. The molecule has 0 bridgehead atoms. The first-order valence-electron chi connectivity index (χ1n) is 7.48. The van der Waals surface area contributed by atoms with Crippen LogP contribution < -0.4 is 14.8 Å². The van der Waals surface area contributed by atoms with Crippen LogP contribution in [0.2, 0.25) is 0 Å². The van der Waals surface area contributed by atoms with Gasteiger partial charge in [-0.05, 0) is 35.9 Å². The van der Waals surface area contributed by atoms with Gasteiger partial charge in [0.1, 0.15) is 0 Å². The monoisotopic (exact) mass is 308 g/mol. The number of fused-ring (bicyclic) bond motifs is 1. The molecule has 4 nitrogen and oxygen atoms in total. The minimum absolute atomic E-state index is 0.640. The maximum Gasteiger partial charge on any atom is 0.161 e. The summed E-state index contributed by atoms with van der Waals surface area (Å²) in [4.78, 5) is 2.62. The second-order valence-corrected chi connectivity index (χ2v) is 6.77. The first-order valence-corrected chi connectivity index (χ1v) is 8.77. The standard InChI is InChI=1S/C16H24N2O2S/c1-19-14-6-11-4-5-18(10-12(11)7-15(14)20-2)13-8-17-9-16(13)21-3/h6-7,13,16-17H,4-5,8-10H2,1-3H3. The number of rotatable bonds is 4. The van der Waals surface area contributed by atoms with E-state index in [0.717, 1.165) is 44.1 Å². The molecule has 0 saturated carbocycles. The van der Waals surface area contributed by atoms with Crippen molar-refractivity contribution in [3.05, 3.63) is 23.3 Å². The number of thioether (sulfide) groups is 1. The van der Waals surface area contributed by atoms with Gasteiger partial charge in [0.15, 0.2) is 11.5 Å². The van der Waals surface area contributed by atoms with Crippen LogP contribution in [-0.4, -0.2) is 56.3 Å². The maximum atomic E-state index is 5.45. The number of hydrogen-bond donors (Lipinski definition) is 1. The first-order chi connectivity index (χ1) is 10.3. The molecule has 21 heavy (non-hydrogen) atoms. The highest BCUT2D eigenvalue weighted by atomic mass is 32.2. The fourth-order valence-corrected chi connectivity index (χ4v) is 4.30. The topological polar surface area (TPSA) is 33.7 Å². The van der Waals surface area contributed by atoms with Crippen molar-refractivity contribution in [2.45, 2.75) is 24.3 Å². The van der Waals surface area contributed by atoms with E-state index in [9.17, 15) is 0 Å². The molecule has 2 unspecified atom stereocenters. The fraction of sp³-hybridized carbons (Fsp3) is 0.625. The average molecular weight is 308 g/mol. The summed E-state index contributed by atoms with van der Waals surface area (Å²) in [5, 5.41) is 4.23. The van der Waals surface area contributed by atoms with Gasteiger partial charge in [-0.15, -0.1) is 0 Å². The smallest absolute Gasteiger partial charge is 0.161 e. The van der Waals surface area contributed by atoms with Crippen molar-refractivity contribution in [1.29, 1.82) is 0 Å². The Hall–Kier alpha value is -0.910. The van der Waals surface area contributed by atoms with Crippen LogP contribution >= 0.6 is 11.8 Å². The molecule has 116 valence electrons. The summed E-state index contributed by atoms with van der Waals surface area (Å²) in [6.07, 6.45) is 3.31. The number of benzene rings is 1. The van der Waals surface area contributed by atoms with Crippen LogP contribution in [0.5, 0.6) is 11.5 Å². The summed E-state index contributed by atoms with van der Waals surface area (Å²) < 4.78 is 10.9. The lowest BCUT2D eigenvalue weighted by molar-refractivity contribution is 0.193. The maximum absolute atomic E-state index is 5.45. The minimum Gasteiger partial charge on any atom is -0.493 e. The van der Waals surface area contributed by atoms with Gasteiger partial charge in [0, 0.05) is 37.5 Å². The van der Waals surface area contributed by atoms with Crippen molar-refractivity contribution in [2.75, 3.05) is 40.1 Å². The molecule has 2 aliphatic rings. The number of hydrogen-bond acceptors (Lipinski definition) is 5. The average Bonchev–Trinajstić information content (AvgIpc) is 3.01. The normalized spacial score (nSPS) is 25.7. The van der Waals surface area contributed by atoms with Gasteiger partial charge in [-0.3, -0.25) is 4.90 Å². The van der Waals surface area contributed by atoms with Crippen LogP contribution in [0.25, 0.3) is 0 Å². The van der Waals surface area contributed by atoms with E-state index in [1.54, 1.807) is 14.2 Å². The number of nitrogens with one attached hydrogen (secondary N) is 1. The molecule has 1 aromatic rings. The summed E-state index contributed by atoms with van der Waals surface area (Å²) in [5.74, 6) is 1.68. The molecule has 0 aromatic heterocycles. The molecule has 1 saturated heterocycles. The van der Waals surface area contributed by atoms with Gasteiger partial charge in [0.05, 0.1) is 14.2 Å². The Morgan fingerprint density at radius 3 is 2.52 bits per heavy atom. The molecular weight excluding hydrogens is 284 g/mol. The molecule has 3 rings (SSSR count). The van der Waals surface area contributed by atoms with E-state index in [1.165, 1.54) is 11.1 Å². The minimum atomic E-state index is 0.640. The van der Waals surface area contributed by atoms with Gasteiger partial charge < -0.3 is 14.8 Å². The Labute approximate surface area is 131 Å². The van der Waals surface area contributed by atoms with Crippen molar-refractivity contribution in [2.24, 2.45) is 0 Å². The fourth-order valence-electron chi connectivity index (χ4n) is 3.43. The summed E-state index contributed by atoms with van der Waals surface area (Å²) in [6, 6.07) is 4.93. The molecule has 1 fully saturated rings. The van der Waals surface area contributed by atoms with Crippen LogP contribution in [-0.2, 0) is 13.0 Å². The van der Waals surface area contributed by atoms with Gasteiger partial charge in [-0.1, -0.05) is 0 Å². The Morgan fingerprint density at radius 1 is 1.14 bits per heavy atom. The Kier molecular flexibility index (Phi) is 4.62. The molecule has 0 amide bonds. The van der Waals surface area contributed by atoms with E-state index in [-0.39, 0.29) is 0 Å². The van der Waals surface area contributed by atoms with Crippen molar-refractivity contribution >= 4 is 11.8 Å². The van der Waals surface area contributed by atoms with Crippen LogP contribution in [0.4, 0.5) is 0 Å². The lowest BCUT2D eigenvalue weighted by Crippen LogP contribution is -2.44. The van der Waals surface area contributed by atoms with Crippen molar-refractivity contribution in [3.63, 3.8) is 0 Å². The van der Waals surface area contributed by atoms with Gasteiger partial charge in [0.25, 0.3) is 0 Å². The highest BCUT2D eigenvalue weighted by Crippen LogP contribution is 2.34. The summed E-state index contributed by atoms with van der Waals surface area (Å²) in [7, 11) is 3.40. The molecule has 2 aliphatic heterocycles. The van der Waals surface area contributed by atoms with E-state index in [1.807, 2.05) is 11.8 Å². The molecule has 0 radical (unpaired) electrons. The van der Waals surface area contributed by atoms with E-state index in [2.05, 4.69) is 28.6 Å². The zero-order valence-corrected chi connectivity index (χ0v) is 13.8. The lowest BCUT2D eigenvalue weighted by atomic mass is 9.97. The Bertz CT molecular complexity index is 509. The summed E-state index contributed by atoms with van der Waals surface area (Å²) in [5.41, 5.74) is 2.78. The van der Waals surface area contributed by atoms with E-state index in [0.29, 0.717) is 11.3 Å². The molecule has 2 atom stereocenters. The molecule has 0 spiro atoms. The number of methoxy groups -OCH3 is 2. The lowest BCUT2D eigenvalue weighted by Gasteiger charge is -2.36. The molecule has 0 aliphatic carbocycles. The summed E-state index contributed by atoms with van der Waals surface area (Å²) >= 11 is 1.98. The van der Waals surface area contributed by atoms with E-state index < -0.39 is 0 Å². The molecular formula is C16H24N2O2S. The van der Waals surface area contributed by atoms with Crippen LogP contribution in [0, 0.1) is 0 Å². The molecule has 2 heterocycles. The zero-order valence-electron chi connectivity index (χ0n) is 13.0. The van der Waals surface area contributed by atoms with Crippen LogP contribution in [0.15, 0.2) is 12.1 Å². The summed E-state index contributed by atoms with van der Waals surface area (Å²) in [6.45, 7) is 4.38. The van der Waals surface area contributed by atoms with E-state index in [4.69, 9.17) is 9.47 Å². The van der Waals surface area contributed by atoms with Crippen LogP contribution in [0.3, 0.4) is 0 Å². The largest absolute Gasteiger partial charge is 0.493 e. The second kappa shape index (κ2) is 6.46. The predicted molar refractivity (Wildman–Crippen MR) is 87.6 cm³/mol. The van der Waals surface area contributed by atoms with Crippen molar-refractivity contribution in [1.82, 2.24) is 10.2 Å². The van der Waals surface area contributed by atoms with Crippen molar-refractivity contribution < 1.29 is 9.47 Å². The molecule has 5 heteroatoms. The first kappa shape index (κ1) is 15.0. The van der Waals surface area contributed by atoms with Gasteiger partial charge in [-0.2, -0.15) is 11.8 Å². The zero-order chi connectivity index (χ0) is 14.8.